The van der Waals surface area contributed by atoms with Gasteiger partial charge in [0.05, 0.1) is 18.8 Å². The molecular weight excluding hydrogens is 248 g/mol. The molecule has 100 valence electrons. The van der Waals surface area contributed by atoms with Crippen molar-refractivity contribution < 1.29 is 9.53 Å². The Kier molecular flexibility index (Phi) is 6.78. The minimum Gasteiger partial charge on any atom is -0.383 e. The Morgan fingerprint density at radius 3 is 2.83 bits per heavy atom. The summed E-state index contributed by atoms with van der Waals surface area (Å²) >= 11 is 1.62. The Bertz CT molecular complexity index is 385. The molecule has 0 aliphatic heterocycles. The maximum Gasteiger partial charge on any atom is 0.238 e. The summed E-state index contributed by atoms with van der Waals surface area (Å²) in [7, 11) is 3.56. The zero-order valence-electron chi connectivity index (χ0n) is 11.1. The first-order valence-corrected chi connectivity index (χ1v) is 7.00. The monoisotopic (exact) mass is 268 g/mol. The zero-order valence-corrected chi connectivity index (χ0v) is 11.9. The second-order valence-electron chi connectivity index (χ2n) is 3.98. The molecule has 1 aromatic rings. The lowest BCUT2D eigenvalue weighted by Crippen LogP contribution is -2.32. The number of nitrogens with one attached hydrogen (secondary N) is 1. The average Bonchev–Trinajstić information content (AvgIpc) is 2.36. The van der Waals surface area contributed by atoms with Crippen LogP contribution in [0.25, 0.3) is 0 Å². The van der Waals surface area contributed by atoms with Gasteiger partial charge < -0.3 is 10.1 Å². The molecule has 0 unspecified atom stereocenters. The number of nitrogens with zero attached hydrogens (tertiary/aromatic N) is 1. The van der Waals surface area contributed by atoms with Crippen molar-refractivity contribution in [2.75, 3.05) is 45.4 Å². The van der Waals surface area contributed by atoms with E-state index in [0.29, 0.717) is 13.2 Å². The average molecular weight is 268 g/mol. The molecule has 0 spiro atoms. The highest BCUT2D eigenvalue weighted by molar-refractivity contribution is 7.98. The van der Waals surface area contributed by atoms with E-state index >= 15 is 0 Å². The summed E-state index contributed by atoms with van der Waals surface area (Å²) in [6.45, 7) is 1.74. The maximum absolute atomic E-state index is 11.9. The number of thioether (sulfide) groups is 1. The van der Waals surface area contributed by atoms with Crippen LogP contribution in [0.3, 0.4) is 0 Å². The number of carbonyl (C=O) groups is 1. The number of anilines is 1. The lowest BCUT2D eigenvalue weighted by atomic mass is 10.3. The largest absolute Gasteiger partial charge is 0.383 e. The molecule has 4 nitrogen and oxygen atoms in total. The van der Waals surface area contributed by atoms with E-state index in [1.165, 1.54) is 0 Å². The fourth-order valence-corrected chi connectivity index (χ4v) is 2.06. The first kappa shape index (κ1) is 15.0. The fraction of sp³-hybridized carbons (Fsp3) is 0.462. The summed E-state index contributed by atoms with van der Waals surface area (Å²) < 4.78 is 4.97. The predicted molar refractivity (Wildman–Crippen MR) is 76.2 cm³/mol. The number of carbonyl (C=O) groups excluding carboxylic acids is 1. The molecule has 0 radical (unpaired) electrons. The molecule has 0 saturated heterocycles. The molecule has 0 aliphatic carbocycles. The Morgan fingerprint density at radius 2 is 2.17 bits per heavy atom. The van der Waals surface area contributed by atoms with E-state index in [0.717, 1.165) is 17.1 Å². The van der Waals surface area contributed by atoms with E-state index in [9.17, 15) is 4.79 Å². The Hall–Kier alpha value is -1.04. The summed E-state index contributed by atoms with van der Waals surface area (Å²) in [5.41, 5.74) is 0.871. The van der Waals surface area contributed by atoms with Crippen molar-refractivity contribution in [3.63, 3.8) is 0 Å². The molecule has 0 bridgehead atoms. The molecule has 0 atom stereocenters. The quantitative estimate of drug-likeness (QED) is 0.767. The van der Waals surface area contributed by atoms with Crippen molar-refractivity contribution in [1.29, 1.82) is 0 Å². The molecule has 0 heterocycles. The minimum absolute atomic E-state index is 0.00453. The molecule has 1 amide bonds. The van der Waals surface area contributed by atoms with Gasteiger partial charge >= 0.3 is 0 Å². The number of rotatable bonds is 7. The van der Waals surface area contributed by atoms with Gasteiger partial charge in [0.25, 0.3) is 0 Å². The first-order chi connectivity index (χ1) is 8.67. The highest BCUT2D eigenvalue weighted by Gasteiger charge is 2.08. The minimum atomic E-state index is -0.00453. The van der Waals surface area contributed by atoms with Crippen LogP contribution in [0.1, 0.15) is 0 Å². The van der Waals surface area contributed by atoms with Crippen LogP contribution in [0.4, 0.5) is 5.69 Å². The fourth-order valence-electron chi connectivity index (χ4n) is 1.51. The lowest BCUT2D eigenvalue weighted by Gasteiger charge is -2.16. The summed E-state index contributed by atoms with van der Waals surface area (Å²) in [5, 5.41) is 2.93. The summed E-state index contributed by atoms with van der Waals surface area (Å²) in [5.74, 6) is -0.00453. The number of para-hydroxylation sites is 1. The highest BCUT2D eigenvalue weighted by Crippen LogP contribution is 2.24. The third-order valence-corrected chi connectivity index (χ3v) is 3.27. The van der Waals surface area contributed by atoms with Gasteiger partial charge in [-0.25, -0.2) is 0 Å². The Morgan fingerprint density at radius 1 is 1.44 bits per heavy atom. The van der Waals surface area contributed by atoms with E-state index in [4.69, 9.17) is 4.74 Å². The van der Waals surface area contributed by atoms with Crippen LogP contribution in [-0.2, 0) is 9.53 Å². The molecule has 1 aromatic carbocycles. The van der Waals surface area contributed by atoms with E-state index in [-0.39, 0.29) is 5.91 Å². The maximum atomic E-state index is 11.9. The van der Waals surface area contributed by atoms with E-state index in [1.807, 2.05) is 42.5 Å². The van der Waals surface area contributed by atoms with Gasteiger partial charge in [0.2, 0.25) is 5.91 Å². The van der Waals surface area contributed by atoms with Gasteiger partial charge in [0.1, 0.15) is 0 Å². The van der Waals surface area contributed by atoms with Crippen molar-refractivity contribution in [3.8, 4) is 0 Å². The number of amides is 1. The van der Waals surface area contributed by atoms with Crippen molar-refractivity contribution in [3.05, 3.63) is 24.3 Å². The van der Waals surface area contributed by atoms with Gasteiger partial charge in [-0.2, -0.15) is 0 Å². The molecule has 0 aliphatic rings. The van der Waals surface area contributed by atoms with Crippen molar-refractivity contribution in [2.45, 2.75) is 4.90 Å². The highest BCUT2D eigenvalue weighted by atomic mass is 32.2. The molecule has 0 aromatic heterocycles. The van der Waals surface area contributed by atoms with Gasteiger partial charge in [0.15, 0.2) is 0 Å². The van der Waals surface area contributed by atoms with Crippen LogP contribution < -0.4 is 5.32 Å². The normalized spacial score (nSPS) is 10.7. The van der Waals surface area contributed by atoms with Crippen molar-refractivity contribution in [2.24, 2.45) is 0 Å². The van der Waals surface area contributed by atoms with Crippen LogP contribution >= 0.6 is 11.8 Å². The number of ether oxygens (including phenoxy) is 1. The van der Waals surface area contributed by atoms with Gasteiger partial charge in [-0.05, 0) is 25.4 Å². The summed E-state index contributed by atoms with van der Waals surface area (Å²) in [6.07, 6.45) is 2.00. The molecular formula is C13H20N2O2S. The zero-order chi connectivity index (χ0) is 13.4. The summed E-state index contributed by atoms with van der Waals surface area (Å²) in [4.78, 5) is 14.9. The van der Waals surface area contributed by atoms with Crippen LogP contribution in [-0.4, -0.2) is 50.9 Å². The summed E-state index contributed by atoms with van der Waals surface area (Å²) in [6, 6.07) is 7.80. The van der Waals surface area contributed by atoms with Crippen molar-refractivity contribution in [1.82, 2.24) is 4.90 Å². The van der Waals surface area contributed by atoms with Crippen LogP contribution in [0.2, 0.25) is 0 Å². The predicted octanol–water partition coefficient (Wildman–Crippen LogP) is 1.93. The van der Waals surface area contributed by atoms with Crippen LogP contribution in [0.5, 0.6) is 0 Å². The second kappa shape index (κ2) is 8.13. The van der Waals surface area contributed by atoms with Gasteiger partial charge in [-0.1, -0.05) is 12.1 Å². The number of hydrogen-bond donors (Lipinski definition) is 1. The second-order valence-corrected chi connectivity index (χ2v) is 4.83. The van der Waals surface area contributed by atoms with Gasteiger partial charge in [-0.15, -0.1) is 11.8 Å². The SMILES string of the molecule is COCCN(C)CC(=O)Nc1ccccc1SC. The smallest absolute Gasteiger partial charge is 0.238 e. The standard InChI is InChI=1S/C13H20N2O2S/c1-15(8-9-17-2)10-13(16)14-11-6-4-5-7-12(11)18-3/h4-7H,8-10H2,1-3H3,(H,14,16). The van der Waals surface area contributed by atoms with Gasteiger partial charge in [0, 0.05) is 18.6 Å². The van der Waals surface area contributed by atoms with Gasteiger partial charge in [-0.3, -0.25) is 9.69 Å². The van der Waals surface area contributed by atoms with E-state index in [1.54, 1.807) is 18.9 Å². The molecule has 0 fully saturated rings. The van der Waals surface area contributed by atoms with Crippen LogP contribution in [0.15, 0.2) is 29.2 Å². The molecule has 18 heavy (non-hydrogen) atoms. The Labute approximate surface area is 113 Å². The Balaban J connectivity index is 2.49. The van der Waals surface area contributed by atoms with E-state index in [2.05, 4.69) is 5.32 Å². The molecule has 1 rings (SSSR count). The number of benzene rings is 1. The third kappa shape index (κ3) is 5.08. The number of likely N-dealkylation sites (N-methyl/N-ethyl adjacent to an activating group) is 1. The number of hydrogen-bond acceptors (Lipinski definition) is 4. The van der Waals surface area contributed by atoms with E-state index < -0.39 is 0 Å². The molecule has 1 N–H and O–H groups in total. The third-order valence-electron chi connectivity index (χ3n) is 2.47. The number of methoxy groups -OCH3 is 1. The lowest BCUT2D eigenvalue weighted by molar-refractivity contribution is -0.117. The molecule has 0 saturated carbocycles. The first-order valence-electron chi connectivity index (χ1n) is 5.77. The topological polar surface area (TPSA) is 41.6 Å². The van der Waals surface area contributed by atoms with Crippen molar-refractivity contribution >= 4 is 23.4 Å². The molecule has 5 heteroatoms. The van der Waals surface area contributed by atoms with Crippen LogP contribution in [0, 0.1) is 0 Å².